The summed E-state index contributed by atoms with van der Waals surface area (Å²) in [5, 5.41) is 21.6. The number of non-ortho nitro benzene ring substituents is 1. The average Bonchev–Trinajstić information content (AvgIpc) is 2.67. The van der Waals surface area contributed by atoms with Gasteiger partial charge in [0.1, 0.15) is 0 Å². The lowest BCUT2D eigenvalue weighted by Gasteiger charge is -2.28. The number of sulfonamides is 1. The molecule has 0 aliphatic carbocycles. The van der Waals surface area contributed by atoms with Crippen molar-refractivity contribution in [3.05, 3.63) is 70.3 Å². The fourth-order valence-electron chi connectivity index (χ4n) is 2.95. The van der Waals surface area contributed by atoms with E-state index >= 15 is 0 Å². The minimum atomic E-state index is -4.04. The smallest absolute Gasteiger partial charge is 0.270 e. The van der Waals surface area contributed by atoms with Gasteiger partial charge < -0.3 is 10.8 Å². The molecule has 0 aliphatic rings. The van der Waals surface area contributed by atoms with E-state index in [1.807, 2.05) is 44.2 Å². The number of rotatable bonds is 10. The summed E-state index contributed by atoms with van der Waals surface area (Å²) >= 11 is 0. The van der Waals surface area contributed by atoms with Gasteiger partial charge in [-0.05, 0) is 24.0 Å². The van der Waals surface area contributed by atoms with Gasteiger partial charge in [-0.25, -0.2) is 8.42 Å². The van der Waals surface area contributed by atoms with E-state index < -0.39 is 27.1 Å². The maximum Gasteiger partial charge on any atom is 0.270 e. The number of hydrogen-bond acceptors (Lipinski definition) is 6. The molecule has 0 fully saturated rings. The van der Waals surface area contributed by atoms with Gasteiger partial charge in [-0.15, -0.1) is 0 Å². The molecule has 0 amide bonds. The van der Waals surface area contributed by atoms with Gasteiger partial charge in [0.2, 0.25) is 10.0 Å². The van der Waals surface area contributed by atoms with Gasteiger partial charge >= 0.3 is 0 Å². The largest absolute Gasteiger partial charge is 0.390 e. The second-order valence-corrected chi connectivity index (χ2v) is 9.33. The lowest BCUT2D eigenvalue weighted by molar-refractivity contribution is -0.385. The molecule has 2 aromatic carbocycles. The first-order chi connectivity index (χ1) is 13.6. The highest BCUT2D eigenvalue weighted by molar-refractivity contribution is 7.89. The number of nitro groups is 1. The van der Waals surface area contributed by atoms with E-state index in [4.69, 9.17) is 5.73 Å². The van der Waals surface area contributed by atoms with Crippen molar-refractivity contribution in [2.45, 2.75) is 37.3 Å². The van der Waals surface area contributed by atoms with E-state index in [2.05, 4.69) is 0 Å². The van der Waals surface area contributed by atoms with Crippen molar-refractivity contribution < 1.29 is 18.4 Å². The second kappa shape index (κ2) is 9.93. The molecular weight excluding hydrogens is 394 g/mol. The van der Waals surface area contributed by atoms with Gasteiger partial charge in [0.25, 0.3) is 5.69 Å². The summed E-state index contributed by atoms with van der Waals surface area (Å²) in [6.45, 7) is 3.66. The topological polar surface area (TPSA) is 127 Å². The molecule has 0 aromatic heterocycles. The number of nitrogens with zero attached hydrogens (tertiary/aromatic N) is 2. The van der Waals surface area contributed by atoms with Crippen LogP contribution in [0.15, 0.2) is 59.5 Å². The summed E-state index contributed by atoms with van der Waals surface area (Å²) in [4.78, 5) is 10.2. The first-order valence-corrected chi connectivity index (χ1v) is 10.8. The molecule has 0 aliphatic heterocycles. The standard InChI is InChI=1S/C20H27N3O5S/c1-15(2)13-22(14-20(24)19(21)11-16-7-4-3-5-8-16)29(27,28)18-10-6-9-17(12-18)23(25)26/h3-10,12,15,19-20,24H,11,13-14,21H2,1-2H3/t19-,20+/m0/s1. The molecule has 158 valence electrons. The van der Waals surface area contributed by atoms with E-state index in [1.165, 1.54) is 18.2 Å². The molecular formula is C20H27N3O5S. The Morgan fingerprint density at radius 3 is 2.34 bits per heavy atom. The highest BCUT2D eigenvalue weighted by Gasteiger charge is 2.30. The molecule has 3 N–H and O–H groups in total. The van der Waals surface area contributed by atoms with Crippen LogP contribution < -0.4 is 5.73 Å². The molecule has 0 spiro atoms. The normalized spacial score (nSPS) is 14.1. The monoisotopic (exact) mass is 421 g/mol. The van der Waals surface area contributed by atoms with Crippen LogP contribution in [0.4, 0.5) is 5.69 Å². The SMILES string of the molecule is CC(C)CN(C[C@@H](O)[C@@H](N)Cc1ccccc1)S(=O)(=O)c1cccc([N+](=O)[O-])c1. The van der Waals surface area contributed by atoms with Crippen molar-refractivity contribution in [2.75, 3.05) is 13.1 Å². The van der Waals surface area contributed by atoms with Gasteiger partial charge in [-0.3, -0.25) is 10.1 Å². The molecule has 2 rings (SSSR count). The van der Waals surface area contributed by atoms with Crippen molar-refractivity contribution in [3.8, 4) is 0 Å². The second-order valence-electron chi connectivity index (χ2n) is 7.39. The number of aliphatic hydroxyl groups excluding tert-OH is 1. The van der Waals surface area contributed by atoms with Crippen LogP contribution in [-0.2, 0) is 16.4 Å². The minimum absolute atomic E-state index is 0.0129. The van der Waals surface area contributed by atoms with Crippen LogP contribution in [0.5, 0.6) is 0 Å². The van der Waals surface area contributed by atoms with E-state index in [9.17, 15) is 23.6 Å². The van der Waals surface area contributed by atoms with Crippen LogP contribution in [0.25, 0.3) is 0 Å². The van der Waals surface area contributed by atoms with Crippen molar-refractivity contribution in [2.24, 2.45) is 11.7 Å². The molecule has 2 atom stereocenters. The summed E-state index contributed by atoms with van der Waals surface area (Å²) < 4.78 is 27.4. The van der Waals surface area contributed by atoms with Crippen LogP contribution in [-0.4, -0.2) is 48.0 Å². The number of hydrogen-bond donors (Lipinski definition) is 2. The average molecular weight is 422 g/mol. The van der Waals surface area contributed by atoms with Gasteiger partial charge in [0.15, 0.2) is 0 Å². The van der Waals surface area contributed by atoms with Gasteiger partial charge in [-0.1, -0.05) is 50.2 Å². The lowest BCUT2D eigenvalue weighted by Crippen LogP contribution is -2.47. The predicted molar refractivity (Wildman–Crippen MR) is 111 cm³/mol. The summed E-state index contributed by atoms with van der Waals surface area (Å²) in [7, 11) is -4.04. The summed E-state index contributed by atoms with van der Waals surface area (Å²) in [6.07, 6.45) is -0.698. The molecule has 0 unspecified atom stereocenters. The van der Waals surface area contributed by atoms with E-state index in [-0.39, 0.29) is 29.6 Å². The molecule has 9 heteroatoms. The zero-order valence-corrected chi connectivity index (χ0v) is 17.3. The molecule has 0 saturated carbocycles. The molecule has 2 aromatic rings. The zero-order chi connectivity index (χ0) is 21.6. The highest BCUT2D eigenvalue weighted by atomic mass is 32.2. The Morgan fingerprint density at radius 2 is 1.76 bits per heavy atom. The zero-order valence-electron chi connectivity index (χ0n) is 16.5. The first kappa shape index (κ1) is 23.0. The molecule has 0 saturated heterocycles. The summed E-state index contributed by atoms with van der Waals surface area (Å²) in [5.41, 5.74) is 6.75. The fraction of sp³-hybridized carbons (Fsp3) is 0.400. The Morgan fingerprint density at radius 1 is 1.10 bits per heavy atom. The molecule has 8 nitrogen and oxygen atoms in total. The van der Waals surface area contributed by atoms with Crippen molar-refractivity contribution in [1.82, 2.24) is 4.31 Å². The fourth-order valence-corrected chi connectivity index (χ4v) is 4.61. The maximum atomic E-state index is 13.1. The summed E-state index contributed by atoms with van der Waals surface area (Å²) in [6, 6.07) is 13.6. The molecule has 0 radical (unpaired) electrons. The lowest BCUT2D eigenvalue weighted by atomic mass is 10.0. The Labute approximate surface area is 171 Å². The Bertz CT molecular complexity index is 919. The minimum Gasteiger partial charge on any atom is -0.390 e. The van der Waals surface area contributed by atoms with Crippen molar-refractivity contribution >= 4 is 15.7 Å². The number of nitro benzene ring substituents is 1. The van der Waals surface area contributed by atoms with Gasteiger partial charge in [-0.2, -0.15) is 4.31 Å². The van der Waals surface area contributed by atoms with Crippen LogP contribution in [0, 0.1) is 16.0 Å². The van der Waals surface area contributed by atoms with E-state index in [0.717, 1.165) is 15.9 Å². The molecule has 0 bridgehead atoms. The van der Waals surface area contributed by atoms with E-state index in [1.54, 1.807) is 0 Å². The van der Waals surface area contributed by atoms with Crippen LogP contribution >= 0.6 is 0 Å². The number of benzene rings is 2. The third-order valence-corrected chi connectivity index (χ3v) is 6.26. The highest BCUT2D eigenvalue weighted by Crippen LogP contribution is 2.22. The Kier molecular flexibility index (Phi) is 7.86. The van der Waals surface area contributed by atoms with E-state index in [0.29, 0.717) is 6.42 Å². The summed E-state index contributed by atoms with van der Waals surface area (Å²) in [5.74, 6) is -0.0129. The third kappa shape index (κ3) is 6.33. The van der Waals surface area contributed by atoms with Crippen LogP contribution in [0.2, 0.25) is 0 Å². The van der Waals surface area contributed by atoms with Gasteiger partial charge in [0.05, 0.1) is 15.9 Å². The Hall–Kier alpha value is -2.33. The molecule has 0 heterocycles. The van der Waals surface area contributed by atoms with Crippen molar-refractivity contribution in [3.63, 3.8) is 0 Å². The molecule has 29 heavy (non-hydrogen) atoms. The predicted octanol–water partition coefficient (Wildman–Crippen LogP) is 2.17. The Balaban J connectivity index is 2.23. The number of aliphatic hydroxyl groups is 1. The van der Waals surface area contributed by atoms with Gasteiger partial charge in [0, 0.05) is 31.3 Å². The third-order valence-electron chi connectivity index (χ3n) is 4.43. The van der Waals surface area contributed by atoms with Crippen LogP contribution in [0.3, 0.4) is 0 Å². The quantitative estimate of drug-likeness (QED) is 0.447. The number of nitrogens with two attached hydrogens (primary N) is 1. The van der Waals surface area contributed by atoms with Crippen molar-refractivity contribution in [1.29, 1.82) is 0 Å². The maximum absolute atomic E-state index is 13.1. The first-order valence-electron chi connectivity index (χ1n) is 9.33. The van der Waals surface area contributed by atoms with Crippen LogP contribution in [0.1, 0.15) is 19.4 Å².